The molecule has 0 aliphatic carbocycles. The zero-order chi connectivity index (χ0) is 16.1. The van der Waals surface area contributed by atoms with Crippen molar-refractivity contribution >= 4 is 18.1 Å². The van der Waals surface area contributed by atoms with E-state index in [1.54, 1.807) is 19.3 Å². The maximum Gasteiger partial charge on any atom is 0.419 e. The van der Waals surface area contributed by atoms with E-state index in [1.807, 2.05) is 37.4 Å². The van der Waals surface area contributed by atoms with Crippen molar-refractivity contribution in [1.82, 2.24) is 5.32 Å². The van der Waals surface area contributed by atoms with Gasteiger partial charge in [0.2, 0.25) is 0 Å². The number of imide groups is 1. The highest BCUT2D eigenvalue weighted by Gasteiger charge is 2.25. The van der Waals surface area contributed by atoms with E-state index in [0.717, 1.165) is 5.56 Å². The molecule has 1 fully saturated rings. The van der Waals surface area contributed by atoms with Gasteiger partial charge in [0.05, 0.1) is 13.2 Å². The van der Waals surface area contributed by atoms with Gasteiger partial charge in [0.1, 0.15) is 0 Å². The lowest BCUT2D eigenvalue weighted by Crippen LogP contribution is -2.18. The topological polar surface area (TPSA) is 73.9 Å². The van der Waals surface area contributed by atoms with Crippen LogP contribution in [0.3, 0.4) is 0 Å². The summed E-state index contributed by atoms with van der Waals surface area (Å²) in [4.78, 5) is 22.1. The number of carbonyl (C=O) groups excluding carboxylic acids is 2. The van der Waals surface area contributed by atoms with Crippen molar-refractivity contribution in [2.45, 2.75) is 20.0 Å². The molecule has 6 nitrogen and oxygen atoms in total. The molecule has 0 aromatic heterocycles. The highest BCUT2D eigenvalue weighted by molar-refractivity contribution is 6.07. The SMILES string of the molecule is COc1cc(C=CC=C2OC(=O)NC2=O)ccc1OC(C)C. The van der Waals surface area contributed by atoms with Gasteiger partial charge in [0, 0.05) is 0 Å². The fourth-order valence-corrected chi connectivity index (χ4v) is 1.82. The normalized spacial score (nSPS) is 16.3. The minimum atomic E-state index is -0.762. The molecule has 1 aromatic carbocycles. The number of ether oxygens (including phenoxy) is 3. The van der Waals surface area contributed by atoms with Crippen LogP contribution in [0, 0.1) is 0 Å². The van der Waals surface area contributed by atoms with Crippen molar-refractivity contribution in [3.05, 3.63) is 41.7 Å². The molecule has 2 rings (SSSR count). The van der Waals surface area contributed by atoms with Crippen molar-refractivity contribution in [3.63, 3.8) is 0 Å². The Morgan fingerprint density at radius 1 is 1.23 bits per heavy atom. The molecule has 0 saturated carbocycles. The highest BCUT2D eigenvalue weighted by Crippen LogP contribution is 2.29. The number of hydrogen-bond donors (Lipinski definition) is 1. The van der Waals surface area contributed by atoms with Crippen molar-refractivity contribution in [3.8, 4) is 11.5 Å². The lowest BCUT2D eigenvalue weighted by molar-refractivity contribution is -0.116. The maximum absolute atomic E-state index is 11.3. The van der Waals surface area contributed by atoms with Crippen LogP contribution < -0.4 is 14.8 Å². The minimum absolute atomic E-state index is 0.0343. The standard InChI is InChI=1S/C16H17NO5/c1-10(2)21-12-8-7-11(9-14(12)20-3)5-4-6-13-15(18)17-16(19)22-13/h4-10H,1-3H3,(H,17,18,19). The van der Waals surface area contributed by atoms with Crippen LogP contribution >= 0.6 is 0 Å². The summed E-state index contributed by atoms with van der Waals surface area (Å²) in [5.41, 5.74) is 0.856. The first-order valence-corrected chi connectivity index (χ1v) is 6.76. The summed E-state index contributed by atoms with van der Waals surface area (Å²) in [5.74, 6) is 0.700. The number of carbonyl (C=O) groups is 2. The fourth-order valence-electron chi connectivity index (χ4n) is 1.82. The molecule has 0 spiro atoms. The second-order valence-corrected chi connectivity index (χ2v) is 4.81. The Morgan fingerprint density at radius 2 is 2.00 bits per heavy atom. The molecule has 22 heavy (non-hydrogen) atoms. The number of allylic oxidation sites excluding steroid dienone is 2. The van der Waals surface area contributed by atoms with E-state index in [2.05, 4.69) is 4.74 Å². The fraction of sp³-hybridized carbons (Fsp3) is 0.250. The molecule has 116 valence electrons. The smallest absolute Gasteiger partial charge is 0.419 e. The molecule has 0 unspecified atom stereocenters. The summed E-state index contributed by atoms with van der Waals surface area (Å²) in [6.45, 7) is 3.88. The van der Waals surface area contributed by atoms with Gasteiger partial charge in [-0.1, -0.05) is 18.2 Å². The Kier molecular flexibility index (Phi) is 4.83. The van der Waals surface area contributed by atoms with Gasteiger partial charge in [-0.2, -0.15) is 0 Å². The number of benzene rings is 1. The van der Waals surface area contributed by atoms with Crippen LogP contribution in [-0.2, 0) is 9.53 Å². The van der Waals surface area contributed by atoms with Gasteiger partial charge < -0.3 is 14.2 Å². The molecule has 6 heteroatoms. The molecule has 1 heterocycles. The highest BCUT2D eigenvalue weighted by atomic mass is 16.6. The average Bonchev–Trinajstić information content (AvgIpc) is 2.78. The van der Waals surface area contributed by atoms with Gasteiger partial charge in [-0.05, 0) is 37.6 Å². The van der Waals surface area contributed by atoms with Gasteiger partial charge >= 0.3 is 6.09 Å². The Labute approximate surface area is 128 Å². The van der Waals surface area contributed by atoms with Crippen LogP contribution in [0.1, 0.15) is 19.4 Å². The van der Waals surface area contributed by atoms with Crippen molar-refractivity contribution < 1.29 is 23.8 Å². The molecule has 1 aliphatic rings. The molecule has 1 saturated heterocycles. The van der Waals surface area contributed by atoms with Crippen LogP contribution in [0.2, 0.25) is 0 Å². The first kappa shape index (κ1) is 15.6. The number of hydrogen-bond acceptors (Lipinski definition) is 5. The molecule has 1 N–H and O–H groups in total. The van der Waals surface area contributed by atoms with E-state index in [-0.39, 0.29) is 11.9 Å². The van der Waals surface area contributed by atoms with Gasteiger partial charge in [0.15, 0.2) is 17.3 Å². The third-order valence-electron chi connectivity index (χ3n) is 2.73. The van der Waals surface area contributed by atoms with E-state index in [1.165, 1.54) is 6.08 Å². The zero-order valence-corrected chi connectivity index (χ0v) is 12.6. The minimum Gasteiger partial charge on any atom is -0.493 e. The van der Waals surface area contributed by atoms with Gasteiger partial charge in [0.25, 0.3) is 5.91 Å². The van der Waals surface area contributed by atoms with E-state index < -0.39 is 12.0 Å². The van der Waals surface area contributed by atoms with Crippen LogP contribution in [0.4, 0.5) is 4.79 Å². The summed E-state index contributed by atoms with van der Waals surface area (Å²) < 4.78 is 15.6. The second-order valence-electron chi connectivity index (χ2n) is 4.81. The molecular formula is C16H17NO5. The average molecular weight is 303 g/mol. The first-order valence-electron chi connectivity index (χ1n) is 6.76. The van der Waals surface area contributed by atoms with E-state index in [0.29, 0.717) is 11.5 Å². The summed E-state index contributed by atoms with van der Waals surface area (Å²) in [6.07, 6.45) is 4.09. The molecule has 0 atom stereocenters. The van der Waals surface area contributed by atoms with Gasteiger partial charge in [-0.3, -0.25) is 10.1 Å². The quantitative estimate of drug-likeness (QED) is 0.846. The number of alkyl carbamates (subject to hydrolysis) is 1. The number of methoxy groups -OCH3 is 1. The largest absolute Gasteiger partial charge is 0.493 e. The van der Waals surface area contributed by atoms with Crippen LogP contribution in [0.5, 0.6) is 11.5 Å². The lowest BCUT2D eigenvalue weighted by Gasteiger charge is -2.13. The molecule has 1 aromatic rings. The predicted octanol–water partition coefficient (Wildman–Crippen LogP) is 2.65. The Hall–Kier alpha value is -2.76. The van der Waals surface area contributed by atoms with Crippen LogP contribution in [-0.4, -0.2) is 25.2 Å². The zero-order valence-electron chi connectivity index (χ0n) is 12.6. The summed E-state index contributed by atoms with van der Waals surface area (Å²) in [7, 11) is 1.57. The molecule has 1 aliphatic heterocycles. The summed E-state index contributed by atoms with van der Waals surface area (Å²) >= 11 is 0. The van der Waals surface area contributed by atoms with E-state index in [9.17, 15) is 9.59 Å². The van der Waals surface area contributed by atoms with Crippen molar-refractivity contribution in [2.75, 3.05) is 7.11 Å². The number of cyclic esters (lactones) is 1. The molecule has 0 radical (unpaired) electrons. The third-order valence-corrected chi connectivity index (χ3v) is 2.73. The van der Waals surface area contributed by atoms with Gasteiger partial charge in [-0.25, -0.2) is 4.79 Å². The molecule has 0 bridgehead atoms. The summed E-state index contributed by atoms with van der Waals surface area (Å²) in [6, 6.07) is 5.48. The van der Waals surface area contributed by atoms with Crippen molar-refractivity contribution in [1.29, 1.82) is 0 Å². The summed E-state index contributed by atoms with van der Waals surface area (Å²) in [5, 5.41) is 2.02. The number of nitrogens with one attached hydrogen (secondary N) is 1. The van der Waals surface area contributed by atoms with E-state index in [4.69, 9.17) is 9.47 Å². The third kappa shape index (κ3) is 3.88. The monoisotopic (exact) mass is 303 g/mol. The van der Waals surface area contributed by atoms with Crippen molar-refractivity contribution in [2.24, 2.45) is 0 Å². The Bertz CT molecular complexity index is 646. The Morgan fingerprint density at radius 3 is 2.59 bits per heavy atom. The first-order chi connectivity index (χ1) is 10.5. The lowest BCUT2D eigenvalue weighted by atomic mass is 10.2. The number of rotatable bonds is 5. The molecular weight excluding hydrogens is 286 g/mol. The van der Waals surface area contributed by atoms with Crippen LogP contribution in [0.25, 0.3) is 6.08 Å². The number of amides is 2. The van der Waals surface area contributed by atoms with Crippen LogP contribution in [0.15, 0.2) is 36.1 Å². The maximum atomic E-state index is 11.3. The van der Waals surface area contributed by atoms with E-state index >= 15 is 0 Å². The van der Waals surface area contributed by atoms with Gasteiger partial charge in [-0.15, -0.1) is 0 Å². The second kappa shape index (κ2) is 6.80. The molecule has 2 amide bonds. The predicted molar refractivity (Wildman–Crippen MR) is 80.5 cm³/mol. The Balaban J connectivity index is 2.13.